The molecule has 0 atom stereocenters. The molecule has 30 heavy (non-hydrogen) atoms. The molecule has 0 saturated heterocycles. The molecule has 0 aliphatic rings. The highest BCUT2D eigenvalue weighted by molar-refractivity contribution is 6.08. The molecular formula is C24H19N3O3. The molecule has 6 heteroatoms. The zero-order valence-electron chi connectivity index (χ0n) is 16.6. The quantitative estimate of drug-likeness (QED) is 0.416. The molecule has 1 amide bonds. The molecule has 0 aliphatic carbocycles. The molecule has 3 aromatic carbocycles. The summed E-state index contributed by atoms with van der Waals surface area (Å²) in [6, 6.07) is 21.6. The van der Waals surface area contributed by atoms with Crippen molar-refractivity contribution in [2.24, 2.45) is 0 Å². The second-order valence-electron chi connectivity index (χ2n) is 7.35. The SMILES string of the molecule is Cc1cccc(-c2noc(CN(C)C(=O)c3cc4c(ccc5ccccc54)o3)n2)c1. The van der Waals surface area contributed by atoms with E-state index in [9.17, 15) is 4.79 Å². The zero-order valence-corrected chi connectivity index (χ0v) is 16.6. The van der Waals surface area contributed by atoms with Crippen molar-refractivity contribution in [3.63, 3.8) is 0 Å². The maximum atomic E-state index is 12.9. The lowest BCUT2D eigenvalue weighted by Crippen LogP contribution is -2.25. The molecular weight excluding hydrogens is 378 g/mol. The van der Waals surface area contributed by atoms with Crippen LogP contribution in [0.25, 0.3) is 33.1 Å². The van der Waals surface area contributed by atoms with Gasteiger partial charge in [-0.05, 0) is 35.9 Å². The Hall–Kier alpha value is -3.93. The van der Waals surface area contributed by atoms with E-state index < -0.39 is 0 Å². The number of amides is 1. The summed E-state index contributed by atoms with van der Waals surface area (Å²) >= 11 is 0. The number of fused-ring (bicyclic) bond motifs is 3. The van der Waals surface area contributed by atoms with E-state index in [0.717, 1.165) is 27.3 Å². The predicted molar refractivity (Wildman–Crippen MR) is 114 cm³/mol. The van der Waals surface area contributed by atoms with Crippen molar-refractivity contribution in [1.82, 2.24) is 15.0 Å². The smallest absolute Gasteiger partial charge is 0.289 e. The van der Waals surface area contributed by atoms with Crippen LogP contribution >= 0.6 is 0 Å². The molecule has 2 heterocycles. The van der Waals surface area contributed by atoms with Crippen molar-refractivity contribution in [2.75, 3.05) is 7.05 Å². The number of hydrogen-bond donors (Lipinski definition) is 0. The minimum Gasteiger partial charge on any atom is -0.451 e. The summed E-state index contributed by atoms with van der Waals surface area (Å²) in [5.41, 5.74) is 2.68. The topological polar surface area (TPSA) is 72.4 Å². The van der Waals surface area contributed by atoms with Crippen molar-refractivity contribution in [1.29, 1.82) is 0 Å². The highest BCUT2D eigenvalue weighted by atomic mass is 16.5. The summed E-state index contributed by atoms with van der Waals surface area (Å²) in [5.74, 6) is 0.904. The van der Waals surface area contributed by atoms with E-state index in [1.54, 1.807) is 13.1 Å². The average molecular weight is 397 g/mol. The van der Waals surface area contributed by atoms with E-state index in [0.29, 0.717) is 17.3 Å². The molecule has 0 bridgehead atoms. The van der Waals surface area contributed by atoms with Gasteiger partial charge in [-0.3, -0.25) is 4.79 Å². The van der Waals surface area contributed by atoms with Gasteiger partial charge < -0.3 is 13.8 Å². The lowest BCUT2D eigenvalue weighted by atomic mass is 10.1. The molecule has 0 fully saturated rings. The summed E-state index contributed by atoms with van der Waals surface area (Å²) in [7, 11) is 1.68. The Kier molecular flexibility index (Phi) is 4.32. The second kappa shape index (κ2) is 7.15. The van der Waals surface area contributed by atoms with Crippen molar-refractivity contribution in [3.8, 4) is 11.4 Å². The molecule has 0 N–H and O–H groups in total. The summed E-state index contributed by atoms with van der Waals surface area (Å²) in [5, 5.41) is 7.11. The lowest BCUT2D eigenvalue weighted by molar-refractivity contribution is 0.0740. The normalized spacial score (nSPS) is 11.3. The fourth-order valence-corrected chi connectivity index (χ4v) is 3.58. The lowest BCUT2D eigenvalue weighted by Gasteiger charge is -2.12. The van der Waals surface area contributed by atoms with Gasteiger partial charge in [-0.15, -0.1) is 0 Å². The summed E-state index contributed by atoms with van der Waals surface area (Å²) in [6.07, 6.45) is 0. The van der Waals surface area contributed by atoms with Crippen LogP contribution in [-0.2, 0) is 6.54 Å². The molecule has 0 spiro atoms. The van der Waals surface area contributed by atoms with Gasteiger partial charge in [0.05, 0.1) is 0 Å². The van der Waals surface area contributed by atoms with Gasteiger partial charge in [-0.25, -0.2) is 0 Å². The number of hydrogen-bond acceptors (Lipinski definition) is 5. The zero-order chi connectivity index (χ0) is 20.7. The number of furan rings is 1. The fourth-order valence-electron chi connectivity index (χ4n) is 3.58. The van der Waals surface area contributed by atoms with Gasteiger partial charge in [0.1, 0.15) is 12.1 Å². The van der Waals surface area contributed by atoms with E-state index >= 15 is 0 Å². The van der Waals surface area contributed by atoms with Crippen molar-refractivity contribution in [3.05, 3.63) is 83.9 Å². The van der Waals surface area contributed by atoms with Gasteiger partial charge in [0.25, 0.3) is 5.91 Å². The first kappa shape index (κ1) is 18.1. The van der Waals surface area contributed by atoms with E-state index in [-0.39, 0.29) is 18.2 Å². The van der Waals surface area contributed by atoms with E-state index in [2.05, 4.69) is 10.1 Å². The molecule has 2 aromatic heterocycles. The van der Waals surface area contributed by atoms with Gasteiger partial charge in [-0.2, -0.15) is 4.98 Å². The average Bonchev–Trinajstić information content (AvgIpc) is 3.40. The second-order valence-corrected chi connectivity index (χ2v) is 7.35. The Bertz CT molecular complexity index is 1380. The fraction of sp³-hybridized carbons (Fsp3) is 0.125. The third kappa shape index (κ3) is 3.22. The van der Waals surface area contributed by atoms with Crippen molar-refractivity contribution < 1.29 is 13.7 Å². The standard InChI is InChI=1S/C24H19N3O3/c1-15-6-5-8-17(12-15)23-25-22(30-26-23)14-27(2)24(28)21-13-19-18-9-4-3-7-16(18)10-11-20(19)29-21/h3-13H,14H2,1-2H3. The number of nitrogens with zero attached hydrogens (tertiary/aromatic N) is 3. The summed E-state index contributed by atoms with van der Waals surface area (Å²) in [6.45, 7) is 2.20. The van der Waals surface area contributed by atoms with Crippen LogP contribution in [0.1, 0.15) is 22.0 Å². The Balaban J connectivity index is 1.38. The first-order chi connectivity index (χ1) is 14.6. The Morgan fingerprint density at radius 2 is 1.87 bits per heavy atom. The maximum absolute atomic E-state index is 12.9. The predicted octanol–water partition coefficient (Wildman–Crippen LogP) is 5.22. The van der Waals surface area contributed by atoms with Crippen molar-refractivity contribution >= 4 is 27.6 Å². The Morgan fingerprint density at radius 3 is 2.73 bits per heavy atom. The van der Waals surface area contributed by atoms with E-state index in [1.165, 1.54) is 4.90 Å². The van der Waals surface area contributed by atoms with Crippen LogP contribution in [0.5, 0.6) is 0 Å². The third-order valence-corrected chi connectivity index (χ3v) is 5.10. The van der Waals surface area contributed by atoms with Gasteiger partial charge in [0.2, 0.25) is 11.7 Å². The first-order valence-electron chi connectivity index (χ1n) is 9.65. The van der Waals surface area contributed by atoms with Crippen LogP contribution in [0, 0.1) is 6.92 Å². The molecule has 0 saturated carbocycles. The van der Waals surface area contributed by atoms with Crippen LogP contribution in [0.3, 0.4) is 0 Å². The Morgan fingerprint density at radius 1 is 1.00 bits per heavy atom. The van der Waals surface area contributed by atoms with Crippen LogP contribution in [-0.4, -0.2) is 28.0 Å². The maximum Gasteiger partial charge on any atom is 0.289 e. The molecule has 0 radical (unpaired) electrons. The van der Waals surface area contributed by atoms with E-state index in [1.807, 2.05) is 67.6 Å². The first-order valence-corrected chi connectivity index (χ1v) is 9.65. The number of aryl methyl sites for hydroxylation is 1. The monoisotopic (exact) mass is 397 g/mol. The highest BCUT2D eigenvalue weighted by Crippen LogP contribution is 2.28. The van der Waals surface area contributed by atoms with Crippen LogP contribution in [0.4, 0.5) is 0 Å². The van der Waals surface area contributed by atoms with Gasteiger partial charge >= 0.3 is 0 Å². The minimum absolute atomic E-state index is 0.190. The minimum atomic E-state index is -0.245. The molecule has 0 unspecified atom stereocenters. The summed E-state index contributed by atoms with van der Waals surface area (Å²) in [4.78, 5) is 18.8. The van der Waals surface area contributed by atoms with Gasteiger partial charge in [0.15, 0.2) is 5.76 Å². The number of benzene rings is 3. The van der Waals surface area contributed by atoms with Gasteiger partial charge in [-0.1, -0.05) is 59.3 Å². The molecule has 0 aliphatic heterocycles. The Labute approximate surface area is 172 Å². The number of aromatic nitrogens is 2. The number of carbonyl (C=O) groups excluding carboxylic acids is 1. The molecule has 5 aromatic rings. The molecule has 6 nitrogen and oxygen atoms in total. The third-order valence-electron chi connectivity index (χ3n) is 5.10. The summed E-state index contributed by atoms with van der Waals surface area (Å²) < 4.78 is 11.2. The highest BCUT2D eigenvalue weighted by Gasteiger charge is 2.20. The van der Waals surface area contributed by atoms with Crippen LogP contribution in [0.15, 0.2) is 75.7 Å². The number of rotatable bonds is 4. The van der Waals surface area contributed by atoms with Crippen LogP contribution < -0.4 is 0 Å². The van der Waals surface area contributed by atoms with Crippen molar-refractivity contribution in [2.45, 2.75) is 13.5 Å². The molecule has 5 rings (SSSR count). The van der Waals surface area contributed by atoms with E-state index in [4.69, 9.17) is 8.94 Å². The molecule has 148 valence electrons. The largest absolute Gasteiger partial charge is 0.451 e. The number of carbonyl (C=O) groups is 1. The van der Waals surface area contributed by atoms with Crippen LogP contribution in [0.2, 0.25) is 0 Å². The van der Waals surface area contributed by atoms with Gasteiger partial charge in [0, 0.05) is 18.0 Å².